The second-order valence-electron chi connectivity index (χ2n) is 3.17. The summed E-state index contributed by atoms with van der Waals surface area (Å²) in [4.78, 5) is 0. The van der Waals surface area contributed by atoms with Crippen molar-refractivity contribution in [3.63, 3.8) is 0 Å². The standard InChI is InChI=1S/C9H9F2N5/c1-2-16-9(13-14-15-16)5-3-8(12)7(11)4-6(5)10/h3-4H,2,12H2,1H3. The smallest absolute Gasteiger partial charge is 0.185 e. The lowest BCUT2D eigenvalue weighted by Crippen LogP contribution is -2.02. The van der Waals surface area contributed by atoms with Crippen LogP contribution in [0.1, 0.15) is 6.92 Å². The summed E-state index contributed by atoms with van der Waals surface area (Å²) in [6.07, 6.45) is 0. The van der Waals surface area contributed by atoms with E-state index in [1.807, 2.05) is 6.92 Å². The van der Waals surface area contributed by atoms with E-state index in [9.17, 15) is 8.78 Å². The molecule has 0 bridgehead atoms. The first-order chi connectivity index (χ1) is 7.63. The van der Waals surface area contributed by atoms with Crippen molar-refractivity contribution in [2.45, 2.75) is 13.5 Å². The fourth-order valence-corrected chi connectivity index (χ4v) is 1.35. The Kier molecular flexibility index (Phi) is 2.51. The lowest BCUT2D eigenvalue weighted by Gasteiger charge is -2.04. The number of hydrogen-bond donors (Lipinski definition) is 1. The number of benzene rings is 1. The number of nitrogens with two attached hydrogens (primary N) is 1. The van der Waals surface area contributed by atoms with Crippen molar-refractivity contribution in [2.24, 2.45) is 0 Å². The minimum absolute atomic E-state index is 0.0887. The summed E-state index contributed by atoms with van der Waals surface area (Å²) < 4.78 is 27.9. The molecular weight excluding hydrogens is 216 g/mol. The number of hydrogen-bond acceptors (Lipinski definition) is 4. The lowest BCUT2D eigenvalue weighted by molar-refractivity contribution is 0.584. The SMILES string of the molecule is CCn1nnnc1-c1cc(N)c(F)cc1F. The molecule has 5 nitrogen and oxygen atoms in total. The van der Waals surface area contributed by atoms with Gasteiger partial charge >= 0.3 is 0 Å². The van der Waals surface area contributed by atoms with E-state index in [0.717, 1.165) is 6.07 Å². The van der Waals surface area contributed by atoms with Crippen LogP contribution in [-0.2, 0) is 6.54 Å². The molecule has 2 N–H and O–H groups in total. The number of tetrazole rings is 1. The van der Waals surface area contributed by atoms with Crippen LogP contribution < -0.4 is 5.73 Å². The number of anilines is 1. The number of halogens is 2. The molecule has 0 saturated carbocycles. The number of nitrogens with zero attached hydrogens (tertiary/aromatic N) is 4. The van der Waals surface area contributed by atoms with Gasteiger partial charge in [0.2, 0.25) is 0 Å². The van der Waals surface area contributed by atoms with Crippen LogP contribution in [0.4, 0.5) is 14.5 Å². The first-order valence-corrected chi connectivity index (χ1v) is 4.64. The summed E-state index contributed by atoms with van der Waals surface area (Å²) in [5.41, 5.74) is 5.32. The number of aromatic nitrogens is 4. The monoisotopic (exact) mass is 225 g/mol. The minimum Gasteiger partial charge on any atom is -0.396 e. The molecular formula is C9H9F2N5. The Hall–Kier alpha value is -2.05. The van der Waals surface area contributed by atoms with E-state index in [0.29, 0.717) is 6.54 Å². The Bertz CT molecular complexity index is 523. The van der Waals surface area contributed by atoms with Crippen LogP contribution in [0.5, 0.6) is 0 Å². The third kappa shape index (κ3) is 1.60. The van der Waals surface area contributed by atoms with E-state index in [-0.39, 0.29) is 17.1 Å². The second kappa shape index (κ2) is 3.84. The molecule has 16 heavy (non-hydrogen) atoms. The van der Waals surface area contributed by atoms with Crippen molar-refractivity contribution in [3.05, 3.63) is 23.8 Å². The maximum Gasteiger partial charge on any atom is 0.185 e. The molecule has 0 amide bonds. The first kappa shape index (κ1) is 10.5. The molecule has 0 spiro atoms. The summed E-state index contributed by atoms with van der Waals surface area (Å²) in [5, 5.41) is 10.8. The maximum atomic E-state index is 13.5. The fraction of sp³-hybridized carbons (Fsp3) is 0.222. The molecule has 0 radical (unpaired) electrons. The summed E-state index contributed by atoms with van der Waals surface area (Å²) in [6, 6.07) is 1.90. The Labute approximate surface area is 89.9 Å². The molecule has 0 saturated heterocycles. The van der Waals surface area contributed by atoms with E-state index in [2.05, 4.69) is 15.5 Å². The van der Waals surface area contributed by atoms with E-state index in [4.69, 9.17) is 5.73 Å². The van der Waals surface area contributed by atoms with Crippen LogP contribution >= 0.6 is 0 Å². The molecule has 0 fully saturated rings. The van der Waals surface area contributed by atoms with Crippen LogP contribution in [0.15, 0.2) is 12.1 Å². The van der Waals surface area contributed by atoms with Crippen LogP contribution in [0, 0.1) is 11.6 Å². The van der Waals surface area contributed by atoms with E-state index in [1.165, 1.54) is 10.7 Å². The predicted molar refractivity (Wildman–Crippen MR) is 53.3 cm³/mol. The Balaban J connectivity index is 2.60. The minimum atomic E-state index is -0.795. The molecule has 1 aromatic heterocycles. The van der Waals surface area contributed by atoms with Crippen molar-refractivity contribution in [2.75, 3.05) is 5.73 Å². The molecule has 2 rings (SSSR count). The van der Waals surface area contributed by atoms with E-state index >= 15 is 0 Å². The zero-order chi connectivity index (χ0) is 11.7. The fourth-order valence-electron chi connectivity index (χ4n) is 1.35. The van der Waals surface area contributed by atoms with E-state index in [1.54, 1.807) is 0 Å². The second-order valence-corrected chi connectivity index (χ2v) is 3.17. The summed E-state index contributed by atoms with van der Waals surface area (Å²) in [6.45, 7) is 2.30. The Morgan fingerprint density at radius 2 is 2.06 bits per heavy atom. The third-order valence-corrected chi connectivity index (χ3v) is 2.16. The van der Waals surface area contributed by atoms with Gasteiger partial charge in [0.15, 0.2) is 5.82 Å². The summed E-state index contributed by atoms with van der Waals surface area (Å²) >= 11 is 0. The molecule has 84 valence electrons. The average molecular weight is 225 g/mol. The van der Waals surface area contributed by atoms with Crippen molar-refractivity contribution < 1.29 is 8.78 Å². The molecule has 0 aliphatic carbocycles. The van der Waals surface area contributed by atoms with Crippen LogP contribution in [-0.4, -0.2) is 20.2 Å². The van der Waals surface area contributed by atoms with Gasteiger partial charge in [-0.25, -0.2) is 13.5 Å². The average Bonchev–Trinajstić information content (AvgIpc) is 2.71. The summed E-state index contributed by atoms with van der Waals surface area (Å²) in [7, 11) is 0. The van der Waals surface area contributed by atoms with Gasteiger partial charge < -0.3 is 5.73 Å². The van der Waals surface area contributed by atoms with Crippen molar-refractivity contribution in [1.82, 2.24) is 20.2 Å². The van der Waals surface area contributed by atoms with Crippen molar-refractivity contribution in [3.8, 4) is 11.4 Å². The van der Waals surface area contributed by atoms with Gasteiger partial charge in [-0.05, 0) is 23.4 Å². The lowest BCUT2D eigenvalue weighted by atomic mass is 10.1. The molecule has 0 aliphatic heterocycles. The molecule has 7 heteroatoms. The van der Waals surface area contributed by atoms with Crippen LogP contribution in [0.2, 0.25) is 0 Å². The molecule has 0 aliphatic rings. The predicted octanol–water partition coefficient (Wildman–Crippen LogP) is 1.22. The maximum absolute atomic E-state index is 13.5. The highest BCUT2D eigenvalue weighted by atomic mass is 19.1. The Morgan fingerprint density at radius 1 is 1.31 bits per heavy atom. The molecule has 1 aromatic carbocycles. The van der Waals surface area contributed by atoms with Gasteiger partial charge in [-0.2, -0.15) is 0 Å². The highest BCUT2D eigenvalue weighted by molar-refractivity contribution is 5.62. The van der Waals surface area contributed by atoms with Crippen LogP contribution in [0.25, 0.3) is 11.4 Å². The molecule has 0 atom stereocenters. The molecule has 2 aromatic rings. The third-order valence-electron chi connectivity index (χ3n) is 2.16. The molecule has 1 heterocycles. The van der Waals surface area contributed by atoms with Gasteiger partial charge in [0.1, 0.15) is 11.6 Å². The first-order valence-electron chi connectivity index (χ1n) is 4.64. The highest BCUT2D eigenvalue weighted by Gasteiger charge is 2.15. The number of rotatable bonds is 2. The van der Waals surface area contributed by atoms with Gasteiger partial charge in [-0.15, -0.1) is 5.10 Å². The van der Waals surface area contributed by atoms with Crippen LogP contribution in [0.3, 0.4) is 0 Å². The summed E-state index contributed by atoms with van der Waals surface area (Å²) in [5.74, 6) is -1.31. The zero-order valence-corrected chi connectivity index (χ0v) is 8.48. The number of aryl methyl sites for hydroxylation is 1. The van der Waals surface area contributed by atoms with Crippen molar-refractivity contribution >= 4 is 5.69 Å². The largest absolute Gasteiger partial charge is 0.396 e. The topological polar surface area (TPSA) is 69.6 Å². The number of nitrogen functional groups attached to an aromatic ring is 1. The van der Waals surface area contributed by atoms with Gasteiger partial charge in [0.25, 0.3) is 0 Å². The zero-order valence-electron chi connectivity index (χ0n) is 8.48. The van der Waals surface area contributed by atoms with Gasteiger partial charge in [0, 0.05) is 12.6 Å². The van der Waals surface area contributed by atoms with Gasteiger partial charge in [0.05, 0.1) is 11.3 Å². The van der Waals surface area contributed by atoms with E-state index < -0.39 is 11.6 Å². The quantitative estimate of drug-likeness (QED) is 0.780. The normalized spacial score (nSPS) is 10.7. The highest BCUT2D eigenvalue weighted by Crippen LogP contribution is 2.24. The molecule has 0 unspecified atom stereocenters. The van der Waals surface area contributed by atoms with Gasteiger partial charge in [-0.1, -0.05) is 0 Å². The van der Waals surface area contributed by atoms with Crippen molar-refractivity contribution in [1.29, 1.82) is 0 Å². The van der Waals surface area contributed by atoms with Gasteiger partial charge in [-0.3, -0.25) is 0 Å². The Morgan fingerprint density at radius 3 is 2.75 bits per heavy atom.